The van der Waals surface area contributed by atoms with Gasteiger partial charge in [0.15, 0.2) is 0 Å². The molecule has 9 nitrogen and oxygen atoms in total. The van der Waals surface area contributed by atoms with Crippen LogP contribution in [0.25, 0.3) is 90.9 Å². The smallest absolute Gasteiger partial charge is 0.131 e. The van der Waals surface area contributed by atoms with Gasteiger partial charge >= 0.3 is 0 Å². The van der Waals surface area contributed by atoms with E-state index in [1.165, 1.54) is 0 Å². The fourth-order valence-corrected chi connectivity index (χ4v) is 7.92. The molecule has 8 bridgehead atoms. The van der Waals surface area contributed by atoms with E-state index in [0.29, 0.717) is 40.0 Å². The number of H-pyrrole nitrogens is 2. The zero-order valence-electron chi connectivity index (χ0n) is 32.2. The van der Waals surface area contributed by atoms with E-state index in [0.717, 1.165) is 66.6 Å². The average Bonchev–Trinajstić information content (AvgIpc) is 4.10. The third-order valence-corrected chi connectivity index (χ3v) is 10.6. The minimum atomic E-state index is 0.126. The number of aromatic nitrogens is 4. The molecule has 0 radical (unpaired) electrons. The van der Waals surface area contributed by atoms with Gasteiger partial charge in [-0.05, 0) is 131 Å². The number of phenols is 3. The van der Waals surface area contributed by atoms with Crippen molar-refractivity contribution >= 4 is 46.4 Å². The third-order valence-electron chi connectivity index (χ3n) is 10.6. The molecule has 0 unspecified atom stereocenters. The van der Waals surface area contributed by atoms with Gasteiger partial charge in [-0.15, -0.1) is 0 Å². The number of aromatic hydroxyl groups is 3. The molecule has 0 fully saturated rings. The first-order valence-electron chi connectivity index (χ1n) is 19.3. The van der Waals surface area contributed by atoms with E-state index >= 15 is 0 Å². The molecular formula is C51H36N4O5. The summed E-state index contributed by atoms with van der Waals surface area (Å²) in [5, 5.41) is 32.1. The van der Waals surface area contributed by atoms with Gasteiger partial charge in [0.25, 0.3) is 0 Å². The van der Waals surface area contributed by atoms with Crippen molar-refractivity contribution < 1.29 is 24.8 Å². The Morgan fingerprint density at radius 2 is 0.717 bits per heavy atom. The maximum absolute atomic E-state index is 10.7. The van der Waals surface area contributed by atoms with Crippen LogP contribution in [0.4, 0.5) is 0 Å². The lowest BCUT2D eigenvalue weighted by molar-refractivity contribution is 0.409. The molecule has 5 aromatic carbocycles. The molecule has 60 heavy (non-hydrogen) atoms. The summed E-state index contributed by atoms with van der Waals surface area (Å²) >= 11 is 0. The topological polar surface area (TPSA) is 137 Å². The Morgan fingerprint density at radius 3 is 1.10 bits per heavy atom. The molecule has 2 aliphatic rings. The Bertz CT molecular complexity index is 3190. The number of benzene rings is 5. The second-order valence-electron chi connectivity index (χ2n) is 14.5. The van der Waals surface area contributed by atoms with Crippen LogP contribution in [0.1, 0.15) is 22.8 Å². The van der Waals surface area contributed by atoms with E-state index in [2.05, 4.69) is 9.97 Å². The van der Waals surface area contributed by atoms with E-state index in [1.54, 1.807) is 43.5 Å². The first-order chi connectivity index (χ1) is 29.4. The summed E-state index contributed by atoms with van der Waals surface area (Å²) in [6.07, 6.45) is 7.93. The summed E-state index contributed by atoms with van der Waals surface area (Å²) in [4.78, 5) is 18.0. The highest BCUT2D eigenvalue weighted by Gasteiger charge is 2.20. The van der Waals surface area contributed by atoms with Gasteiger partial charge in [0.1, 0.15) is 34.5 Å². The number of rotatable bonds is 7. The van der Waals surface area contributed by atoms with Crippen LogP contribution in [-0.4, -0.2) is 42.4 Å². The maximum Gasteiger partial charge on any atom is 0.131 e. The van der Waals surface area contributed by atoms with Crippen molar-refractivity contribution in [2.45, 2.75) is 0 Å². The Kier molecular flexibility index (Phi) is 8.95. The van der Waals surface area contributed by atoms with Crippen LogP contribution in [0.15, 0.2) is 146 Å². The predicted molar refractivity (Wildman–Crippen MR) is 239 cm³/mol. The lowest BCUT2D eigenvalue weighted by Crippen LogP contribution is -1.90. The Balaban J connectivity index is 1.32. The van der Waals surface area contributed by atoms with Crippen LogP contribution >= 0.6 is 0 Å². The standard InChI is InChI=1S/C51H36N4O5/c1-59-37-14-6-16-39(29-37)60-38-15-5-10-33(28-38)51-46-23-21-44(54-46)49(31-8-3-12-35(57)26-31)42-19-17-40(52-42)48(30-7-2-11-34(56)25-30)41-18-20-43(53-41)50(45-22-24-47(51)55-45)32-9-4-13-36(58)27-32/h2-29,52,55-58H,1H3. The van der Waals surface area contributed by atoms with Gasteiger partial charge in [0.2, 0.25) is 0 Å². The van der Waals surface area contributed by atoms with Gasteiger partial charge < -0.3 is 34.8 Å². The van der Waals surface area contributed by atoms with E-state index in [1.807, 2.05) is 133 Å². The van der Waals surface area contributed by atoms with Crippen molar-refractivity contribution in [3.05, 3.63) is 168 Å². The number of hydrogen-bond acceptors (Lipinski definition) is 7. The minimum Gasteiger partial charge on any atom is -0.508 e. The minimum absolute atomic E-state index is 0.126. The number of fused-ring (bicyclic) bond motifs is 8. The fraction of sp³-hybridized carbons (Fsp3) is 0.0196. The number of hydrogen-bond donors (Lipinski definition) is 5. The molecule has 8 aromatic rings. The van der Waals surface area contributed by atoms with Gasteiger partial charge in [0.05, 0.1) is 29.9 Å². The van der Waals surface area contributed by atoms with Gasteiger partial charge in [-0.2, -0.15) is 0 Å². The van der Waals surface area contributed by atoms with Crippen LogP contribution in [0.5, 0.6) is 34.5 Å². The molecule has 0 atom stereocenters. The van der Waals surface area contributed by atoms with Crippen molar-refractivity contribution in [1.29, 1.82) is 0 Å². The molecule has 10 rings (SSSR count). The maximum atomic E-state index is 10.7. The third kappa shape index (κ3) is 6.80. The normalized spacial score (nSPS) is 11.8. The number of nitrogens with one attached hydrogen (secondary N) is 2. The largest absolute Gasteiger partial charge is 0.508 e. The van der Waals surface area contributed by atoms with E-state index < -0.39 is 0 Å². The molecule has 9 heteroatoms. The molecule has 0 amide bonds. The Hall–Kier alpha value is -8.30. The lowest BCUT2D eigenvalue weighted by atomic mass is 10.0. The van der Waals surface area contributed by atoms with Crippen molar-refractivity contribution in [2.75, 3.05) is 7.11 Å². The summed E-state index contributed by atoms with van der Waals surface area (Å²) in [7, 11) is 1.62. The summed E-state index contributed by atoms with van der Waals surface area (Å²) in [5.74, 6) is 2.34. The van der Waals surface area contributed by atoms with Crippen LogP contribution < -0.4 is 9.47 Å². The summed E-state index contributed by atoms with van der Waals surface area (Å²) in [6, 6.07) is 44.8. The molecule has 290 valence electrons. The predicted octanol–water partition coefficient (Wildman–Crippen LogP) is 12.2. The number of methoxy groups -OCH3 is 1. The van der Waals surface area contributed by atoms with Crippen molar-refractivity contribution in [3.8, 4) is 79.0 Å². The Labute approximate surface area is 344 Å². The quantitative estimate of drug-likeness (QED) is 0.108. The van der Waals surface area contributed by atoms with Gasteiger partial charge in [0, 0.05) is 50.4 Å². The molecule has 5 N–H and O–H groups in total. The fourth-order valence-electron chi connectivity index (χ4n) is 7.92. The molecule has 3 aromatic heterocycles. The molecule has 5 heterocycles. The first kappa shape index (κ1) is 36.1. The molecule has 0 aliphatic carbocycles. The molecular weight excluding hydrogens is 749 g/mol. The number of nitrogens with zero attached hydrogens (tertiary/aromatic N) is 2. The van der Waals surface area contributed by atoms with Crippen molar-refractivity contribution in [2.24, 2.45) is 0 Å². The van der Waals surface area contributed by atoms with Gasteiger partial charge in [-0.1, -0.05) is 54.6 Å². The zero-order chi connectivity index (χ0) is 40.7. The van der Waals surface area contributed by atoms with Gasteiger partial charge in [-0.25, -0.2) is 9.97 Å². The molecule has 0 spiro atoms. The van der Waals surface area contributed by atoms with Crippen LogP contribution in [0.3, 0.4) is 0 Å². The highest BCUT2D eigenvalue weighted by molar-refractivity contribution is 6.00. The number of phenolic OH excluding ortho intramolecular Hbond substituents is 3. The van der Waals surface area contributed by atoms with Crippen LogP contribution in [0.2, 0.25) is 0 Å². The second-order valence-corrected chi connectivity index (χ2v) is 14.5. The van der Waals surface area contributed by atoms with Crippen molar-refractivity contribution in [3.63, 3.8) is 0 Å². The molecule has 0 saturated carbocycles. The number of ether oxygens (including phenoxy) is 2. The number of aromatic amines is 2. The zero-order valence-corrected chi connectivity index (χ0v) is 32.2. The SMILES string of the molecule is COc1cccc(Oc2cccc(-c3c4nc(c(-c5cccc(O)c5)c5ccc([nH]5)c(-c5cccc(O)c5)c5nc(c(-c6cccc(O)c6)c6ccc3[nH]6)C=C5)C=C4)c2)c1. The summed E-state index contributed by atoms with van der Waals surface area (Å²) in [5.41, 5.74) is 12.1. The van der Waals surface area contributed by atoms with E-state index in [9.17, 15) is 15.3 Å². The lowest BCUT2D eigenvalue weighted by Gasteiger charge is -2.10. The highest BCUT2D eigenvalue weighted by Crippen LogP contribution is 2.40. The van der Waals surface area contributed by atoms with Crippen molar-refractivity contribution in [1.82, 2.24) is 19.9 Å². The van der Waals surface area contributed by atoms with Gasteiger partial charge in [-0.3, -0.25) is 0 Å². The Morgan fingerprint density at radius 1 is 0.383 bits per heavy atom. The average molecular weight is 785 g/mol. The molecule has 2 aliphatic heterocycles. The van der Waals surface area contributed by atoms with E-state index in [4.69, 9.17) is 19.4 Å². The van der Waals surface area contributed by atoms with E-state index in [-0.39, 0.29) is 17.2 Å². The van der Waals surface area contributed by atoms with Crippen LogP contribution in [-0.2, 0) is 0 Å². The van der Waals surface area contributed by atoms with Crippen LogP contribution in [0, 0.1) is 0 Å². The first-order valence-corrected chi connectivity index (χ1v) is 19.3. The highest BCUT2D eigenvalue weighted by atomic mass is 16.5. The second kappa shape index (κ2) is 14.9. The molecule has 0 saturated heterocycles. The summed E-state index contributed by atoms with van der Waals surface area (Å²) < 4.78 is 11.8. The summed E-state index contributed by atoms with van der Waals surface area (Å²) in [6.45, 7) is 0. The monoisotopic (exact) mass is 784 g/mol.